The zero-order chi connectivity index (χ0) is 13.2. The fourth-order valence-corrected chi connectivity index (χ4v) is 3.01. The predicted octanol–water partition coefficient (Wildman–Crippen LogP) is 2.51. The van der Waals surface area contributed by atoms with Gasteiger partial charge < -0.3 is 10.1 Å². The van der Waals surface area contributed by atoms with Gasteiger partial charge in [0.25, 0.3) is 0 Å². The maximum atomic E-state index is 5.25. The lowest BCUT2D eigenvalue weighted by atomic mass is 9.94. The predicted molar refractivity (Wildman–Crippen MR) is 78.0 cm³/mol. The monoisotopic (exact) mass is 256 g/mol. The Labute approximate surface area is 113 Å². The van der Waals surface area contributed by atoms with E-state index in [1.54, 1.807) is 7.11 Å². The SMILES string of the molecule is CCC(CC)N(CCOC)CCC1CCNCC1. The van der Waals surface area contributed by atoms with Crippen LogP contribution in [-0.2, 0) is 4.74 Å². The molecule has 0 bridgehead atoms. The molecular weight excluding hydrogens is 224 g/mol. The minimum atomic E-state index is 0.738. The van der Waals surface area contributed by atoms with Crippen LogP contribution in [0, 0.1) is 5.92 Å². The Bertz CT molecular complexity index is 189. The Morgan fingerprint density at radius 3 is 2.39 bits per heavy atom. The lowest BCUT2D eigenvalue weighted by Gasteiger charge is -2.32. The fourth-order valence-electron chi connectivity index (χ4n) is 3.01. The molecular formula is C15H32N2O. The number of rotatable bonds is 9. The van der Waals surface area contributed by atoms with Gasteiger partial charge in [-0.05, 0) is 57.7 Å². The van der Waals surface area contributed by atoms with E-state index in [9.17, 15) is 0 Å². The average Bonchev–Trinajstić information content (AvgIpc) is 2.43. The average molecular weight is 256 g/mol. The van der Waals surface area contributed by atoms with E-state index in [0.717, 1.165) is 25.1 Å². The number of piperidine rings is 1. The summed E-state index contributed by atoms with van der Waals surface area (Å²) >= 11 is 0. The van der Waals surface area contributed by atoms with Gasteiger partial charge in [-0.2, -0.15) is 0 Å². The fraction of sp³-hybridized carbons (Fsp3) is 1.00. The molecule has 1 saturated heterocycles. The van der Waals surface area contributed by atoms with Gasteiger partial charge >= 0.3 is 0 Å². The van der Waals surface area contributed by atoms with E-state index in [1.165, 1.54) is 51.7 Å². The Balaban J connectivity index is 2.33. The van der Waals surface area contributed by atoms with Crippen LogP contribution in [0.5, 0.6) is 0 Å². The van der Waals surface area contributed by atoms with Gasteiger partial charge in [-0.1, -0.05) is 13.8 Å². The molecule has 1 N–H and O–H groups in total. The molecule has 0 atom stereocenters. The summed E-state index contributed by atoms with van der Waals surface area (Å²) < 4.78 is 5.25. The first-order valence-electron chi connectivity index (χ1n) is 7.75. The molecule has 0 aliphatic carbocycles. The summed E-state index contributed by atoms with van der Waals surface area (Å²) in [6, 6.07) is 0.738. The van der Waals surface area contributed by atoms with Gasteiger partial charge in [0.1, 0.15) is 0 Å². The van der Waals surface area contributed by atoms with Crippen LogP contribution in [0.25, 0.3) is 0 Å². The Hall–Kier alpha value is -0.120. The van der Waals surface area contributed by atoms with Crippen molar-refractivity contribution in [3.8, 4) is 0 Å². The van der Waals surface area contributed by atoms with Gasteiger partial charge in [-0.25, -0.2) is 0 Å². The summed E-state index contributed by atoms with van der Waals surface area (Å²) in [6.45, 7) is 10.2. The van der Waals surface area contributed by atoms with Crippen molar-refractivity contribution in [1.29, 1.82) is 0 Å². The van der Waals surface area contributed by atoms with E-state index in [4.69, 9.17) is 4.74 Å². The highest BCUT2D eigenvalue weighted by Crippen LogP contribution is 2.18. The molecule has 108 valence electrons. The topological polar surface area (TPSA) is 24.5 Å². The van der Waals surface area contributed by atoms with Crippen LogP contribution in [0.15, 0.2) is 0 Å². The summed E-state index contributed by atoms with van der Waals surface area (Å²) in [7, 11) is 1.80. The lowest BCUT2D eigenvalue weighted by Crippen LogP contribution is -2.39. The Morgan fingerprint density at radius 1 is 1.17 bits per heavy atom. The second kappa shape index (κ2) is 9.76. The first-order chi connectivity index (χ1) is 8.81. The second-order valence-electron chi connectivity index (χ2n) is 5.48. The van der Waals surface area contributed by atoms with E-state index in [1.807, 2.05) is 0 Å². The van der Waals surface area contributed by atoms with E-state index in [2.05, 4.69) is 24.1 Å². The van der Waals surface area contributed by atoms with Crippen molar-refractivity contribution < 1.29 is 4.74 Å². The zero-order valence-electron chi connectivity index (χ0n) is 12.6. The third-order valence-corrected chi connectivity index (χ3v) is 4.32. The molecule has 3 nitrogen and oxygen atoms in total. The zero-order valence-corrected chi connectivity index (χ0v) is 12.6. The van der Waals surface area contributed by atoms with Gasteiger partial charge in [0, 0.05) is 19.7 Å². The number of nitrogens with zero attached hydrogens (tertiary/aromatic N) is 1. The molecule has 1 aliphatic heterocycles. The van der Waals surface area contributed by atoms with Crippen molar-refractivity contribution in [1.82, 2.24) is 10.2 Å². The highest BCUT2D eigenvalue weighted by Gasteiger charge is 2.18. The first-order valence-corrected chi connectivity index (χ1v) is 7.75. The molecule has 3 heteroatoms. The smallest absolute Gasteiger partial charge is 0.0589 e. The Morgan fingerprint density at radius 2 is 1.83 bits per heavy atom. The molecule has 1 aliphatic rings. The molecule has 0 saturated carbocycles. The molecule has 18 heavy (non-hydrogen) atoms. The molecule has 0 radical (unpaired) electrons. The lowest BCUT2D eigenvalue weighted by molar-refractivity contribution is 0.108. The van der Waals surface area contributed by atoms with Crippen molar-refractivity contribution in [2.45, 2.75) is 52.0 Å². The van der Waals surface area contributed by atoms with Crippen LogP contribution >= 0.6 is 0 Å². The van der Waals surface area contributed by atoms with Crippen molar-refractivity contribution in [2.24, 2.45) is 5.92 Å². The van der Waals surface area contributed by atoms with Crippen LogP contribution in [0.2, 0.25) is 0 Å². The third kappa shape index (κ3) is 5.68. The third-order valence-electron chi connectivity index (χ3n) is 4.32. The van der Waals surface area contributed by atoms with Gasteiger partial charge in [0.15, 0.2) is 0 Å². The minimum absolute atomic E-state index is 0.738. The largest absolute Gasteiger partial charge is 0.383 e. The van der Waals surface area contributed by atoms with Crippen molar-refractivity contribution in [2.75, 3.05) is 39.9 Å². The van der Waals surface area contributed by atoms with Gasteiger partial charge in [-0.3, -0.25) is 4.90 Å². The normalized spacial score (nSPS) is 17.8. The van der Waals surface area contributed by atoms with E-state index in [0.29, 0.717) is 0 Å². The number of hydrogen-bond acceptors (Lipinski definition) is 3. The minimum Gasteiger partial charge on any atom is -0.383 e. The molecule has 0 aromatic carbocycles. The van der Waals surface area contributed by atoms with Crippen LogP contribution < -0.4 is 5.32 Å². The maximum Gasteiger partial charge on any atom is 0.0589 e. The molecule has 0 spiro atoms. The molecule has 0 aromatic heterocycles. The van der Waals surface area contributed by atoms with Crippen molar-refractivity contribution >= 4 is 0 Å². The van der Waals surface area contributed by atoms with E-state index in [-0.39, 0.29) is 0 Å². The summed E-state index contributed by atoms with van der Waals surface area (Å²) in [5.41, 5.74) is 0. The summed E-state index contributed by atoms with van der Waals surface area (Å²) in [5, 5.41) is 3.45. The maximum absolute atomic E-state index is 5.25. The number of nitrogens with one attached hydrogen (secondary N) is 1. The molecule has 1 rings (SSSR count). The highest BCUT2D eigenvalue weighted by atomic mass is 16.5. The van der Waals surface area contributed by atoms with E-state index < -0.39 is 0 Å². The van der Waals surface area contributed by atoms with E-state index >= 15 is 0 Å². The molecule has 1 fully saturated rings. The summed E-state index contributed by atoms with van der Waals surface area (Å²) in [6.07, 6.45) is 6.60. The second-order valence-corrected chi connectivity index (χ2v) is 5.48. The van der Waals surface area contributed by atoms with Gasteiger partial charge in [-0.15, -0.1) is 0 Å². The molecule has 1 heterocycles. The quantitative estimate of drug-likeness (QED) is 0.686. The molecule has 0 unspecified atom stereocenters. The van der Waals surface area contributed by atoms with Gasteiger partial charge in [0.05, 0.1) is 6.61 Å². The van der Waals surface area contributed by atoms with Crippen LogP contribution in [-0.4, -0.2) is 50.8 Å². The number of methoxy groups -OCH3 is 1. The summed E-state index contributed by atoms with van der Waals surface area (Å²) in [4.78, 5) is 2.64. The van der Waals surface area contributed by atoms with Crippen molar-refractivity contribution in [3.63, 3.8) is 0 Å². The number of ether oxygens (including phenoxy) is 1. The van der Waals surface area contributed by atoms with Gasteiger partial charge in [0.2, 0.25) is 0 Å². The van der Waals surface area contributed by atoms with Crippen LogP contribution in [0.1, 0.15) is 46.0 Å². The molecule has 0 aromatic rings. The van der Waals surface area contributed by atoms with Crippen LogP contribution in [0.4, 0.5) is 0 Å². The number of hydrogen-bond donors (Lipinski definition) is 1. The highest BCUT2D eigenvalue weighted by molar-refractivity contribution is 4.74. The van der Waals surface area contributed by atoms with Crippen molar-refractivity contribution in [3.05, 3.63) is 0 Å². The van der Waals surface area contributed by atoms with Crippen LogP contribution in [0.3, 0.4) is 0 Å². The Kier molecular flexibility index (Phi) is 8.64. The standard InChI is InChI=1S/C15H32N2O/c1-4-15(5-2)17(12-13-18-3)11-8-14-6-9-16-10-7-14/h14-16H,4-13H2,1-3H3. The first kappa shape index (κ1) is 15.9. The molecule has 0 amide bonds. The summed E-state index contributed by atoms with van der Waals surface area (Å²) in [5.74, 6) is 0.936.